The lowest BCUT2D eigenvalue weighted by atomic mass is 9.76. The Morgan fingerprint density at radius 1 is 1.03 bits per heavy atom. The number of benzene rings is 2. The molecule has 0 saturated heterocycles. The van der Waals surface area contributed by atoms with Gasteiger partial charge in [0.25, 0.3) is 5.91 Å². The Morgan fingerprint density at radius 2 is 1.79 bits per heavy atom. The number of methoxy groups -OCH3 is 1. The Hall–Kier alpha value is -3.02. The molecule has 4 rings (SSSR count). The number of fused-ring (bicyclic) bond motifs is 1. The fraction of sp³-hybridized carbons (Fsp3) is 0.391. The van der Waals surface area contributed by atoms with Crippen LogP contribution in [-0.2, 0) is 0 Å². The first-order chi connectivity index (χ1) is 14.0. The molecule has 6 heteroatoms. The van der Waals surface area contributed by atoms with E-state index in [1.807, 2.05) is 13.0 Å². The summed E-state index contributed by atoms with van der Waals surface area (Å²) in [7, 11) is 1.58. The van der Waals surface area contributed by atoms with E-state index in [2.05, 4.69) is 5.32 Å². The molecule has 6 nitrogen and oxygen atoms in total. The fourth-order valence-corrected chi connectivity index (χ4v) is 4.24. The van der Waals surface area contributed by atoms with Crippen LogP contribution in [-0.4, -0.2) is 31.1 Å². The van der Waals surface area contributed by atoms with Gasteiger partial charge < -0.3 is 19.5 Å². The summed E-state index contributed by atoms with van der Waals surface area (Å²) in [5, 5.41) is 3.09. The zero-order chi connectivity index (χ0) is 20.4. The van der Waals surface area contributed by atoms with Crippen molar-refractivity contribution in [2.24, 2.45) is 0 Å². The second-order valence-corrected chi connectivity index (χ2v) is 7.63. The first-order valence-electron chi connectivity index (χ1n) is 9.95. The minimum Gasteiger partial charge on any atom is -0.496 e. The van der Waals surface area contributed by atoms with Gasteiger partial charge in [0, 0.05) is 16.7 Å². The molecule has 2 aromatic rings. The Morgan fingerprint density at radius 3 is 2.55 bits per heavy atom. The lowest BCUT2D eigenvalue weighted by molar-refractivity contribution is 0.0713. The number of hydrogen-bond donors (Lipinski definition) is 1. The van der Waals surface area contributed by atoms with Crippen molar-refractivity contribution in [1.29, 1.82) is 0 Å². The standard InChI is InChI=1S/C23H25NO5/c1-15-17(7-6-8-18(15)27-2)22(26)24-23(11-4-3-5-12-23)21(25)16-9-10-19-20(13-16)29-14-28-19/h6-10,13H,3-5,11-12,14H2,1-2H3,(H,24,26). The molecule has 152 valence electrons. The van der Waals surface area contributed by atoms with Crippen molar-refractivity contribution < 1.29 is 23.8 Å². The molecule has 1 aliphatic carbocycles. The quantitative estimate of drug-likeness (QED) is 0.773. The molecule has 0 radical (unpaired) electrons. The Bertz CT molecular complexity index is 946. The maximum absolute atomic E-state index is 13.6. The number of carbonyl (C=O) groups excluding carboxylic acids is 2. The van der Waals surface area contributed by atoms with Gasteiger partial charge in [-0.3, -0.25) is 9.59 Å². The Balaban J connectivity index is 1.65. The highest BCUT2D eigenvalue weighted by Gasteiger charge is 2.42. The predicted octanol–water partition coefficient (Wildman–Crippen LogP) is 4.05. The van der Waals surface area contributed by atoms with Gasteiger partial charge in [-0.05, 0) is 50.1 Å². The van der Waals surface area contributed by atoms with Gasteiger partial charge in [-0.25, -0.2) is 0 Å². The van der Waals surface area contributed by atoms with E-state index in [1.54, 1.807) is 37.4 Å². The summed E-state index contributed by atoms with van der Waals surface area (Å²) >= 11 is 0. The third kappa shape index (κ3) is 3.55. The Kier molecular flexibility index (Phi) is 5.18. The van der Waals surface area contributed by atoms with E-state index < -0.39 is 5.54 Å². The normalized spacial score (nSPS) is 16.9. The van der Waals surface area contributed by atoms with Crippen molar-refractivity contribution in [3.8, 4) is 17.2 Å². The van der Waals surface area contributed by atoms with Crippen LogP contribution in [0.5, 0.6) is 17.2 Å². The van der Waals surface area contributed by atoms with E-state index in [9.17, 15) is 9.59 Å². The van der Waals surface area contributed by atoms with E-state index in [-0.39, 0.29) is 18.5 Å². The topological polar surface area (TPSA) is 73.9 Å². The highest BCUT2D eigenvalue weighted by Crippen LogP contribution is 2.37. The molecule has 0 unspecified atom stereocenters. The number of rotatable bonds is 5. The number of nitrogens with one attached hydrogen (secondary N) is 1. The van der Waals surface area contributed by atoms with Crippen LogP contribution in [0.25, 0.3) is 0 Å². The van der Waals surface area contributed by atoms with Crippen molar-refractivity contribution in [3.05, 3.63) is 53.1 Å². The smallest absolute Gasteiger partial charge is 0.252 e. The summed E-state index contributed by atoms with van der Waals surface area (Å²) in [6, 6.07) is 10.6. The number of Topliss-reactive ketones (excluding diaryl/α,β-unsaturated/α-hetero) is 1. The van der Waals surface area contributed by atoms with Crippen LogP contribution >= 0.6 is 0 Å². The van der Waals surface area contributed by atoms with Crippen molar-refractivity contribution >= 4 is 11.7 Å². The molecule has 0 bridgehead atoms. The monoisotopic (exact) mass is 395 g/mol. The van der Waals surface area contributed by atoms with Gasteiger partial charge in [0.1, 0.15) is 11.3 Å². The molecule has 2 aromatic carbocycles. The SMILES string of the molecule is COc1cccc(C(=O)NC2(C(=O)c3ccc4c(c3)OCO4)CCCCC2)c1C. The van der Waals surface area contributed by atoms with E-state index in [0.29, 0.717) is 41.2 Å². The van der Waals surface area contributed by atoms with Gasteiger partial charge in [0.2, 0.25) is 6.79 Å². The molecule has 0 atom stereocenters. The van der Waals surface area contributed by atoms with Gasteiger partial charge >= 0.3 is 0 Å². The minimum absolute atomic E-state index is 0.0793. The molecule has 0 aromatic heterocycles. The number of ketones is 1. The summed E-state index contributed by atoms with van der Waals surface area (Å²) in [4.78, 5) is 26.7. The van der Waals surface area contributed by atoms with Crippen LogP contribution in [0.15, 0.2) is 36.4 Å². The van der Waals surface area contributed by atoms with Crippen LogP contribution in [0.3, 0.4) is 0 Å². The zero-order valence-electron chi connectivity index (χ0n) is 16.7. The largest absolute Gasteiger partial charge is 0.496 e. The summed E-state index contributed by atoms with van der Waals surface area (Å²) in [5.41, 5.74) is 0.888. The Labute approximate surface area is 170 Å². The first-order valence-corrected chi connectivity index (χ1v) is 9.95. The summed E-state index contributed by atoms with van der Waals surface area (Å²) in [6.07, 6.45) is 4.09. The molecular weight excluding hydrogens is 370 g/mol. The third-order valence-corrected chi connectivity index (χ3v) is 5.88. The number of ether oxygens (including phenoxy) is 3. The van der Waals surface area contributed by atoms with Gasteiger partial charge in [-0.1, -0.05) is 25.3 Å². The van der Waals surface area contributed by atoms with Gasteiger partial charge in [0.05, 0.1) is 7.11 Å². The molecular formula is C23H25NO5. The zero-order valence-corrected chi connectivity index (χ0v) is 16.7. The second kappa shape index (κ2) is 7.78. The molecule has 1 fully saturated rings. The molecule has 1 saturated carbocycles. The van der Waals surface area contributed by atoms with Crippen molar-refractivity contribution in [1.82, 2.24) is 5.32 Å². The molecule has 1 heterocycles. The summed E-state index contributed by atoms with van der Waals surface area (Å²) in [6.45, 7) is 2.00. The van der Waals surface area contributed by atoms with Crippen LogP contribution < -0.4 is 19.5 Å². The predicted molar refractivity (Wildman–Crippen MR) is 108 cm³/mol. The lowest BCUT2D eigenvalue weighted by Crippen LogP contribution is -2.55. The van der Waals surface area contributed by atoms with Gasteiger partial charge in [0.15, 0.2) is 17.3 Å². The number of carbonyl (C=O) groups is 2. The van der Waals surface area contributed by atoms with Crippen LogP contribution in [0.2, 0.25) is 0 Å². The molecule has 1 aliphatic heterocycles. The maximum Gasteiger partial charge on any atom is 0.252 e. The van der Waals surface area contributed by atoms with Crippen LogP contribution in [0.4, 0.5) is 0 Å². The number of hydrogen-bond acceptors (Lipinski definition) is 5. The first kappa shape index (κ1) is 19.3. The van der Waals surface area contributed by atoms with E-state index in [4.69, 9.17) is 14.2 Å². The maximum atomic E-state index is 13.6. The van der Waals surface area contributed by atoms with Gasteiger partial charge in [-0.2, -0.15) is 0 Å². The highest BCUT2D eigenvalue weighted by atomic mass is 16.7. The molecule has 1 amide bonds. The highest BCUT2D eigenvalue weighted by molar-refractivity contribution is 6.08. The second-order valence-electron chi connectivity index (χ2n) is 7.63. The molecule has 2 aliphatic rings. The van der Waals surface area contributed by atoms with Crippen molar-refractivity contribution in [2.75, 3.05) is 13.9 Å². The lowest BCUT2D eigenvalue weighted by Gasteiger charge is -2.37. The number of amides is 1. The fourth-order valence-electron chi connectivity index (χ4n) is 4.24. The molecule has 0 spiro atoms. The van der Waals surface area contributed by atoms with Crippen molar-refractivity contribution in [3.63, 3.8) is 0 Å². The summed E-state index contributed by atoms with van der Waals surface area (Å²) < 4.78 is 16.1. The van der Waals surface area contributed by atoms with Crippen LogP contribution in [0.1, 0.15) is 58.4 Å². The van der Waals surface area contributed by atoms with Crippen molar-refractivity contribution in [2.45, 2.75) is 44.6 Å². The van der Waals surface area contributed by atoms with Crippen LogP contribution in [0, 0.1) is 6.92 Å². The van der Waals surface area contributed by atoms with E-state index >= 15 is 0 Å². The minimum atomic E-state index is -0.918. The average molecular weight is 395 g/mol. The average Bonchev–Trinajstić information content (AvgIpc) is 3.21. The van der Waals surface area contributed by atoms with Gasteiger partial charge in [-0.15, -0.1) is 0 Å². The molecule has 29 heavy (non-hydrogen) atoms. The third-order valence-electron chi connectivity index (χ3n) is 5.88. The molecule has 1 N–H and O–H groups in total. The van der Waals surface area contributed by atoms with E-state index in [0.717, 1.165) is 24.8 Å². The van der Waals surface area contributed by atoms with E-state index in [1.165, 1.54) is 0 Å². The summed E-state index contributed by atoms with van der Waals surface area (Å²) in [5.74, 6) is 1.52.